The van der Waals surface area contributed by atoms with Gasteiger partial charge in [0.2, 0.25) is 5.91 Å². The van der Waals surface area contributed by atoms with Crippen molar-refractivity contribution in [1.29, 1.82) is 0 Å². The van der Waals surface area contributed by atoms with Crippen molar-refractivity contribution in [2.24, 2.45) is 11.7 Å². The van der Waals surface area contributed by atoms with Gasteiger partial charge >= 0.3 is 0 Å². The molecule has 190 valence electrons. The Hall–Kier alpha value is -3.73. The Morgan fingerprint density at radius 1 is 1.03 bits per heavy atom. The van der Waals surface area contributed by atoms with Gasteiger partial charge in [0.25, 0.3) is 11.8 Å². The van der Waals surface area contributed by atoms with Crippen molar-refractivity contribution >= 4 is 35.0 Å². The summed E-state index contributed by atoms with van der Waals surface area (Å²) < 4.78 is 5.31. The first-order valence-electron chi connectivity index (χ1n) is 12.4. The van der Waals surface area contributed by atoms with Crippen LogP contribution in [-0.4, -0.2) is 78.0 Å². The van der Waals surface area contributed by atoms with Crippen LogP contribution in [0.3, 0.4) is 0 Å². The van der Waals surface area contributed by atoms with Crippen molar-refractivity contribution < 1.29 is 19.1 Å². The van der Waals surface area contributed by atoms with Crippen LogP contribution in [0.2, 0.25) is 0 Å². The third-order valence-electron chi connectivity index (χ3n) is 6.73. The van der Waals surface area contributed by atoms with Gasteiger partial charge in [0.15, 0.2) is 11.5 Å². The zero-order valence-electron chi connectivity index (χ0n) is 20.1. The minimum Gasteiger partial charge on any atom is -0.378 e. The molecule has 0 radical (unpaired) electrons. The van der Waals surface area contributed by atoms with Gasteiger partial charge in [0.05, 0.1) is 19.4 Å². The zero-order valence-corrected chi connectivity index (χ0v) is 20.1. The average molecular weight is 494 g/mol. The van der Waals surface area contributed by atoms with Crippen molar-refractivity contribution in [3.63, 3.8) is 0 Å². The number of hydrogen-bond acceptors (Lipinski definition) is 8. The van der Waals surface area contributed by atoms with Crippen molar-refractivity contribution in [2.45, 2.75) is 31.7 Å². The molecule has 1 atom stereocenters. The van der Waals surface area contributed by atoms with E-state index in [-0.39, 0.29) is 35.3 Å². The number of anilines is 3. The molecule has 4 N–H and O–H groups in total. The molecule has 3 fully saturated rings. The minimum absolute atomic E-state index is 0.0304. The van der Waals surface area contributed by atoms with Crippen molar-refractivity contribution in [3.05, 3.63) is 41.7 Å². The molecule has 11 nitrogen and oxygen atoms in total. The second-order valence-electron chi connectivity index (χ2n) is 9.46. The fourth-order valence-corrected chi connectivity index (χ4v) is 4.55. The number of primary amides is 1. The molecule has 5 rings (SSSR count). The number of benzene rings is 1. The molecular formula is C25H31N7O4. The number of carbonyl (C=O) groups is 3. The summed E-state index contributed by atoms with van der Waals surface area (Å²) in [6, 6.07) is 7.05. The molecule has 1 aromatic carbocycles. The molecule has 1 saturated carbocycles. The molecular weight excluding hydrogens is 462 g/mol. The first-order valence-corrected chi connectivity index (χ1v) is 12.4. The quantitative estimate of drug-likeness (QED) is 0.524. The molecule has 3 aliphatic rings. The maximum atomic E-state index is 12.7. The van der Waals surface area contributed by atoms with E-state index in [4.69, 9.17) is 10.5 Å². The largest absolute Gasteiger partial charge is 0.378 e. The second kappa shape index (κ2) is 10.5. The van der Waals surface area contributed by atoms with Crippen molar-refractivity contribution in [1.82, 2.24) is 20.2 Å². The summed E-state index contributed by atoms with van der Waals surface area (Å²) in [5, 5.41) is 6.28. The third-order valence-corrected chi connectivity index (χ3v) is 6.73. The van der Waals surface area contributed by atoms with Crippen LogP contribution >= 0.6 is 0 Å². The number of ether oxygens (including phenoxy) is 1. The van der Waals surface area contributed by atoms with Gasteiger partial charge in [-0.1, -0.05) is 0 Å². The van der Waals surface area contributed by atoms with Crippen molar-refractivity contribution in [2.75, 3.05) is 49.6 Å². The predicted molar refractivity (Wildman–Crippen MR) is 133 cm³/mol. The lowest BCUT2D eigenvalue weighted by Gasteiger charge is -2.34. The number of aromatic nitrogens is 2. The lowest BCUT2D eigenvalue weighted by Crippen LogP contribution is -2.48. The number of rotatable bonds is 7. The fourth-order valence-electron chi connectivity index (χ4n) is 4.55. The van der Waals surface area contributed by atoms with Gasteiger partial charge in [-0.15, -0.1) is 0 Å². The molecule has 2 saturated heterocycles. The number of amides is 3. The van der Waals surface area contributed by atoms with E-state index in [1.807, 2.05) is 0 Å². The standard InChI is InChI=1S/C25H31N7O4/c26-22(33)21-23(28-18-7-5-17(6-8-18)25(35)31-10-12-36-13-11-31)30-20(14-27-21)32-9-1-2-19(15-32)29-24(34)16-3-4-16/h5-8,14,16,19H,1-4,9-13,15H2,(H2,26,33)(H,28,30)(H,29,34)/t19-/m1/s1. The Balaban J connectivity index is 1.29. The van der Waals surface area contributed by atoms with Gasteiger partial charge in [0, 0.05) is 49.4 Å². The highest BCUT2D eigenvalue weighted by Crippen LogP contribution is 2.29. The average Bonchev–Trinajstić information content (AvgIpc) is 3.75. The number of morpholine rings is 1. The Kier molecular flexibility index (Phi) is 6.99. The van der Waals surface area contributed by atoms with Crippen LogP contribution in [-0.2, 0) is 9.53 Å². The van der Waals surface area contributed by atoms with Gasteiger partial charge in [-0.25, -0.2) is 9.97 Å². The Morgan fingerprint density at radius 2 is 1.78 bits per heavy atom. The molecule has 0 bridgehead atoms. The SMILES string of the molecule is NC(=O)c1ncc(N2CCC[C@@H](NC(=O)C3CC3)C2)nc1Nc1ccc(C(=O)N2CCOCC2)cc1. The molecule has 2 aromatic rings. The van der Waals surface area contributed by atoms with Gasteiger partial charge in [0.1, 0.15) is 5.82 Å². The normalized spacial score (nSPS) is 20.1. The van der Waals surface area contributed by atoms with E-state index in [2.05, 4.69) is 25.5 Å². The number of hydrogen-bond donors (Lipinski definition) is 3. The number of piperidine rings is 1. The Bertz CT molecular complexity index is 1130. The maximum absolute atomic E-state index is 12.7. The van der Waals surface area contributed by atoms with E-state index in [1.165, 1.54) is 0 Å². The summed E-state index contributed by atoms with van der Waals surface area (Å²) >= 11 is 0. The van der Waals surface area contributed by atoms with E-state index in [1.54, 1.807) is 35.4 Å². The summed E-state index contributed by atoms with van der Waals surface area (Å²) in [6.07, 6.45) is 5.32. The van der Waals surface area contributed by atoms with Crippen LogP contribution in [0.1, 0.15) is 46.5 Å². The van der Waals surface area contributed by atoms with Gasteiger partial charge in [-0.3, -0.25) is 14.4 Å². The van der Waals surface area contributed by atoms with Gasteiger partial charge in [-0.2, -0.15) is 0 Å². The number of nitrogens with one attached hydrogen (secondary N) is 2. The number of nitrogens with zero attached hydrogens (tertiary/aromatic N) is 4. The molecule has 3 heterocycles. The summed E-state index contributed by atoms with van der Waals surface area (Å²) in [4.78, 5) is 49.7. The molecule has 2 aliphatic heterocycles. The van der Waals surface area contributed by atoms with E-state index in [9.17, 15) is 14.4 Å². The highest BCUT2D eigenvalue weighted by molar-refractivity contribution is 5.97. The smallest absolute Gasteiger partial charge is 0.271 e. The number of nitrogens with two attached hydrogens (primary N) is 1. The predicted octanol–water partition coefficient (Wildman–Crippen LogP) is 1.29. The molecule has 3 amide bonds. The number of carbonyl (C=O) groups excluding carboxylic acids is 3. The summed E-state index contributed by atoms with van der Waals surface area (Å²) in [7, 11) is 0. The van der Waals surface area contributed by atoms with Crippen LogP contribution in [0, 0.1) is 5.92 Å². The van der Waals surface area contributed by atoms with Crippen LogP contribution in [0.5, 0.6) is 0 Å². The third kappa shape index (κ3) is 5.56. The molecule has 1 aromatic heterocycles. The lowest BCUT2D eigenvalue weighted by atomic mass is 10.1. The molecule has 36 heavy (non-hydrogen) atoms. The van der Waals surface area contributed by atoms with E-state index < -0.39 is 5.91 Å². The van der Waals surface area contributed by atoms with Gasteiger partial charge < -0.3 is 30.9 Å². The first-order chi connectivity index (χ1) is 17.5. The van der Waals surface area contributed by atoms with Gasteiger partial charge in [-0.05, 0) is 49.9 Å². The monoisotopic (exact) mass is 493 g/mol. The molecule has 0 spiro atoms. The second-order valence-corrected chi connectivity index (χ2v) is 9.46. The summed E-state index contributed by atoms with van der Waals surface area (Å²) in [5.74, 6) is 0.418. The van der Waals surface area contributed by atoms with E-state index in [0.29, 0.717) is 49.9 Å². The molecule has 11 heteroatoms. The summed E-state index contributed by atoms with van der Waals surface area (Å²) in [6.45, 7) is 3.64. The van der Waals surface area contributed by atoms with Crippen LogP contribution in [0.4, 0.5) is 17.3 Å². The lowest BCUT2D eigenvalue weighted by molar-refractivity contribution is -0.123. The van der Waals surface area contributed by atoms with Crippen LogP contribution in [0.15, 0.2) is 30.5 Å². The topological polar surface area (TPSA) is 143 Å². The van der Waals surface area contributed by atoms with E-state index in [0.717, 1.165) is 32.2 Å². The highest BCUT2D eigenvalue weighted by atomic mass is 16.5. The Labute approximate surface area is 209 Å². The molecule has 1 aliphatic carbocycles. The highest BCUT2D eigenvalue weighted by Gasteiger charge is 2.32. The Morgan fingerprint density at radius 3 is 2.47 bits per heavy atom. The molecule has 0 unspecified atom stereocenters. The van der Waals surface area contributed by atoms with Crippen LogP contribution in [0.25, 0.3) is 0 Å². The van der Waals surface area contributed by atoms with Crippen molar-refractivity contribution in [3.8, 4) is 0 Å². The van der Waals surface area contributed by atoms with Crippen LogP contribution < -0.4 is 21.3 Å². The minimum atomic E-state index is -0.691. The zero-order chi connectivity index (χ0) is 25.1. The summed E-state index contributed by atoms with van der Waals surface area (Å²) in [5.41, 5.74) is 6.80. The first kappa shape index (κ1) is 24.0. The maximum Gasteiger partial charge on any atom is 0.271 e. The fraction of sp³-hybridized carbons (Fsp3) is 0.480. The van der Waals surface area contributed by atoms with E-state index >= 15 is 0 Å².